The van der Waals surface area contributed by atoms with E-state index < -0.39 is 16.0 Å². The summed E-state index contributed by atoms with van der Waals surface area (Å²) in [7, 11) is 0.255. The van der Waals surface area contributed by atoms with Crippen LogP contribution in [-0.2, 0) is 21.3 Å². The van der Waals surface area contributed by atoms with Crippen LogP contribution in [0.5, 0.6) is 5.75 Å². The van der Waals surface area contributed by atoms with Crippen molar-refractivity contribution < 1.29 is 13.7 Å². The second-order valence-electron chi connectivity index (χ2n) is 5.28. The molecular formula is C18H21NO3S. The molecule has 0 radical (unpaired) electrons. The molecule has 0 saturated carbocycles. The number of carbonyl (C=O) groups excluding carboxylic acids is 1. The molecule has 0 aliphatic heterocycles. The minimum atomic E-state index is -1.29. The molecule has 0 bridgehead atoms. The molecule has 0 aliphatic rings. The molecule has 0 saturated heterocycles. The van der Waals surface area contributed by atoms with Crippen LogP contribution < -0.4 is 10.1 Å². The van der Waals surface area contributed by atoms with E-state index in [0.29, 0.717) is 17.2 Å². The molecule has 122 valence electrons. The first-order valence-electron chi connectivity index (χ1n) is 7.38. The van der Waals surface area contributed by atoms with Gasteiger partial charge in [0.05, 0.1) is 12.8 Å². The van der Waals surface area contributed by atoms with E-state index in [2.05, 4.69) is 5.32 Å². The van der Waals surface area contributed by atoms with Crippen LogP contribution in [0.2, 0.25) is 0 Å². The predicted molar refractivity (Wildman–Crippen MR) is 94.1 cm³/mol. The fourth-order valence-corrected chi connectivity index (χ4v) is 3.33. The van der Waals surface area contributed by atoms with Crippen LogP contribution in [0, 0.1) is 6.92 Å². The first-order chi connectivity index (χ1) is 11.0. The van der Waals surface area contributed by atoms with Crippen molar-refractivity contribution >= 4 is 22.4 Å². The third kappa shape index (κ3) is 4.42. The van der Waals surface area contributed by atoms with E-state index in [1.54, 1.807) is 26.2 Å². The molecule has 2 aromatic carbocycles. The number of anilines is 1. The molecule has 0 fully saturated rings. The second kappa shape index (κ2) is 7.92. The van der Waals surface area contributed by atoms with Crippen LogP contribution in [0.4, 0.5) is 5.69 Å². The van der Waals surface area contributed by atoms with Gasteiger partial charge in [-0.05, 0) is 37.1 Å². The maximum Gasteiger partial charge on any atom is 0.239 e. The summed E-state index contributed by atoms with van der Waals surface area (Å²) >= 11 is 0. The molecule has 2 aromatic rings. The molecule has 5 heteroatoms. The molecule has 0 unspecified atom stereocenters. The summed E-state index contributed by atoms with van der Waals surface area (Å²) in [6.07, 6.45) is 0. The molecule has 0 spiro atoms. The first-order valence-corrected chi connectivity index (χ1v) is 8.76. The summed E-state index contributed by atoms with van der Waals surface area (Å²) in [5.41, 5.74) is 2.67. The number of hydrogen-bond donors (Lipinski definition) is 1. The fraction of sp³-hybridized carbons (Fsp3) is 0.278. The fourth-order valence-electron chi connectivity index (χ4n) is 2.15. The number of carbonyl (C=O) groups is 1. The summed E-state index contributed by atoms with van der Waals surface area (Å²) in [6, 6.07) is 14.9. The molecule has 2 atom stereocenters. The Morgan fingerprint density at radius 3 is 2.52 bits per heavy atom. The van der Waals surface area contributed by atoms with E-state index in [1.165, 1.54) is 0 Å². The lowest BCUT2D eigenvalue weighted by Gasteiger charge is -2.15. The number of ether oxygens (including phenoxy) is 1. The van der Waals surface area contributed by atoms with Crippen LogP contribution in [0.3, 0.4) is 0 Å². The number of rotatable bonds is 6. The number of hydrogen-bond acceptors (Lipinski definition) is 3. The minimum Gasteiger partial charge on any atom is -0.495 e. The maximum atomic E-state index is 12.5. The van der Waals surface area contributed by atoms with Crippen molar-refractivity contribution in [3.8, 4) is 5.75 Å². The molecule has 2 rings (SSSR count). The Kier molecular flexibility index (Phi) is 5.93. The van der Waals surface area contributed by atoms with Gasteiger partial charge in [0.15, 0.2) is 0 Å². The van der Waals surface area contributed by atoms with Crippen molar-refractivity contribution in [3.05, 3.63) is 59.7 Å². The Balaban J connectivity index is 2.04. The standard InChI is InChI=1S/C18H21NO3S/c1-13-8-4-5-9-15(13)12-23(21)14(2)18(20)19-16-10-6-7-11-17(16)22-3/h4-11,14H,12H2,1-3H3,(H,19,20)/t14-,23+/m0/s1. The molecular weight excluding hydrogens is 310 g/mol. The average Bonchev–Trinajstić information content (AvgIpc) is 2.56. The van der Waals surface area contributed by atoms with Crippen LogP contribution >= 0.6 is 0 Å². The normalized spacial score (nSPS) is 13.2. The third-order valence-electron chi connectivity index (χ3n) is 3.69. The number of amides is 1. The van der Waals surface area contributed by atoms with Crippen LogP contribution in [-0.4, -0.2) is 22.5 Å². The van der Waals surface area contributed by atoms with E-state index in [-0.39, 0.29) is 5.91 Å². The number of methoxy groups -OCH3 is 1. The quantitative estimate of drug-likeness (QED) is 0.884. The highest BCUT2D eigenvalue weighted by Gasteiger charge is 2.21. The highest BCUT2D eigenvalue weighted by molar-refractivity contribution is 7.85. The molecule has 0 heterocycles. The Hall–Kier alpha value is -2.14. The van der Waals surface area contributed by atoms with Gasteiger partial charge >= 0.3 is 0 Å². The number of para-hydroxylation sites is 2. The molecule has 0 aliphatic carbocycles. The van der Waals surface area contributed by atoms with E-state index in [4.69, 9.17) is 4.74 Å². The lowest BCUT2D eigenvalue weighted by atomic mass is 10.1. The van der Waals surface area contributed by atoms with Gasteiger partial charge in [-0.25, -0.2) is 0 Å². The number of nitrogens with one attached hydrogen (secondary N) is 1. The zero-order chi connectivity index (χ0) is 16.8. The summed E-state index contributed by atoms with van der Waals surface area (Å²) in [6.45, 7) is 3.66. The van der Waals surface area contributed by atoms with Gasteiger partial charge in [0.1, 0.15) is 11.0 Å². The Morgan fingerprint density at radius 1 is 1.17 bits per heavy atom. The Morgan fingerprint density at radius 2 is 1.83 bits per heavy atom. The number of benzene rings is 2. The van der Waals surface area contributed by atoms with Crippen LogP contribution in [0.25, 0.3) is 0 Å². The summed E-state index contributed by atoms with van der Waals surface area (Å²) in [5.74, 6) is 0.673. The van der Waals surface area contributed by atoms with Gasteiger partial charge in [-0.1, -0.05) is 36.4 Å². The van der Waals surface area contributed by atoms with E-state index in [9.17, 15) is 9.00 Å². The van der Waals surface area contributed by atoms with Gasteiger partial charge in [-0.2, -0.15) is 0 Å². The van der Waals surface area contributed by atoms with Crippen molar-refractivity contribution in [3.63, 3.8) is 0 Å². The van der Waals surface area contributed by atoms with E-state index in [1.807, 2.05) is 43.3 Å². The zero-order valence-corrected chi connectivity index (χ0v) is 14.4. The van der Waals surface area contributed by atoms with Crippen molar-refractivity contribution in [1.82, 2.24) is 0 Å². The molecule has 4 nitrogen and oxygen atoms in total. The predicted octanol–water partition coefficient (Wildman–Crippen LogP) is 3.28. The highest BCUT2D eigenvalue weighted by Crippen LogP contribution is 2.23. The largest absolute Gasteiger partial charge is 0.495 e. The van der Waals surface area contributed by atoms with E-state index in [0.717, 1.165) is 11.1 Å². The molecule has 1 amide bonds. The van der Waals surface area contributed by atoms with Gasteiger partial charge in [0, 0.05) is 16.6 Å². The van der Waals surface area contributed by atoms with Gasteiger partial charge in [0.25, 0.3) is 0 Å². The van der Waals surface area contributed by atoms with Crippen molar-refractivity contribution in [1.29, 1.82) is 0 Å². The SMILES string of the molecule is COc1ccccc1NC(=O)[C@H](C)[S@](=O)Cc1ccccc1C. The van der Waals surface area contributed by atoms with Crippen LogP contribution in [0.15, 0.2) is 48.5 Å². The van der Waals surface area contributed by atoms with Crippen molar-refractivity contribution in [2.45, 2.75) is 24.9 Å². The van der Waals surface area contributed by atoms with Crippen molar-refractivity contribution in [2.24, 2.45) is 0 Å². The molecule has 1 N–H and O–H groups in total. The second-order valence-corrected chi connectivity index (χ2v) is 7.04. The highest BCUT2D eigenvalue weighted by atomic mass is 32.2. The number of aryl methyl sites for hydroxylation is 1. The molecule has 0 aromatic heterocycles. The van der Waals surface area contributed by atoms with E-state index >= 15 is 0 Å². The maximum absolute atomic E-state index is 12.5. The summed E-state index contributed by atoms with van der Waals surface area (Å²) < 4.78 is 17.7. The lowest BCUT2D eigenvalue weighted by molar-refractivity contribution is -0.115. The van der Waals surface area contributed by atoms with Gasteiger partial charge in [-0.15, -0.1) is 0 Å². The van der Waals surface area contributed by atoms with Gasteiger partial charge < -0.3 is 10.1 Å². The monoisotopic (exact) mass is 331 g/mol. The van der Waals surface area contributed by atoms with Gasteiger partial charge in [-0.3, -0.25) is 9.00 Å². The summed E-state index contributed by atoms with van der Waals surface area (Å²) in [5, 5.41) is 2.17. The van der Waals surface area contributed by atoms with Gasteiger partial charge in [0.2, 0.25) is 5.91 Å². The average molecular weight is 331 g/mol. The Labute approximate surface area is 139 Å². The lowest BCUT2D eigenvalue weighted by Crippen LogP contribution is -2.30. The molecule has 23 heavy (non-hydrogen) atoms. The first kappa shape index (κ1) is 17.2. The van der Waals surface area contributed by atoms with Crippen LogP contribution in [0.1, 0.15) is 18.1 Å². The summed E-state index contributed by atoms with van der Waals surface area (Å²) in [4.78, 5) is 12.3. The Bertz CT molecular complexity index is 715. The van der Waals surface area contributed by atoms with Crippen molar-refractivity contribution in [2.75, 3.05) is 12.4 Å². The zero-order valence-electron chi connectivity index (χ0n) is 13.5. The topological polar surface area (TPSA) is 55.4 Å². The third-order valence-corrected chi connectivity index (χ3v) is 5.29. The smallest absolute Gasteiger partial charge is 0.239 e. The minimum absolute atomic E-state index is 0.276.